The number of methoxy groups -OCH3 is 1. The highest BCUT2D eigenvalue weighted by atomic mass is 16.5. The second-order valence-corrected chi connectivity index (χ2v) is 6.86. The van der Waals surface area contributed by atoms with E-state index in [1.807, 2.05) is 90.7 Å². The van der Waals surface area contributed by atoms with Crippen LogP contribution in [0.2, 0.25) is 0 Å². The summed E-state index contributed by atoms with van der Waals surface area (Å²) in [5, 5.41) is 0. The lowest BCUT2D eigenvalue weighted by Gasteiger charge is -2.28. The van der Waals surface area contributed by atoms with Crippen LogP contribution in [0.15, 0.2) is 84.9 Å². The summed E-state index contributed by atoms with van der Waals surface area (Å²) in [7, 11) is 1.61. The Morgan fingerprint density at radius 3 is 1.90 bits per heavy atom. The number of amides is 1. The minimum absolute atomic E-state index is 0.0250. The quantitative estimate of drug-likeness (QED) is 0.512. The molecule has 4 nitrogen and oxygen atoms in total. The van der Waals surface area contributed by atoms with Crippen molar-refractivity contribution in [2.45, 2.75) is 32.5 Å². The van der Waals surface area contributed by atoms with Crippen LogP contribution in [-0.2, 0) is 17.9 Å². The Hall–Kier alpha value is -3.27. The summed E-state index contributed by atoms with van der Waals surface area (Å²) in [4.78, 5) is 15.3. The summed E-state index contributed by atoms with van der Waals surface area (Å²) in [6.07, 6.45) is 0.0189. The summed E-state index contributed by atoms with van der Waals surface area (Å²) in [6, 6.07) is 27.4. The zero-order chi connectivity index (χ0) is 20.5. The Balaban J connectivity index is 1.80. The fourth-order valence-corrected chi connectivity index (χ4v) is 3.17. The van der Waals surface area contributed by atoms with E-state index in [1.165, 1.54) is 0 Å². The first-order valence-electron chi connectivity index (χ1n) is 9.87. The van der Waals surface area contributed by atoms with E-state index < -0.39 is 6.10 Å². The van der Waals surface area contributed by atoms with Crippen molar-refractivity contribution in [3.8, 4) is 11.5 Å². The Bertz CT molecular complexity index is 855. The molecule has 3 rings (SSSR count). The van der Waals surface area contributed by atoms with Crippen LogP contribution in [0.5, 0.6) is 11.5 Å². The van der Waals surface area contributed by atoms with Crippen LogP contribution >= 0.6 is 0 Å². The highest BCUT2D eigenvalue weighted by Gasteiger charge is 2.25. The maximum Gasteiger partial charge on any atom is 0.264 e. The Kier molecular flexibility index (Phi) is 7.28. The number of rotatable bonds is 9. The molecule has 0 saturated carbocycles. The summed E-state index contributed by atoms with van der Waals surface area (Å²) in [5.41, 5.74) is 2.18. The minimum Gasteiger partial charge on any atom is -0.497 e. The maximum absolute atomic E-state index is 13.4. The molecule has 0 spiro atoms. The topological polar surface area (TPSA) is 38.8 Å². The van der Waals surface area contributed by atoms with Gasteiger partial charge in [0, 0.05) is 19.2 Å². The van der Waals surface area contributed by atoms with Crippen molar-refractivity contribution in [2.24, 2.45) is 0 Å². The molecule has 0 unspecified atom stereocenters. The highest BCUT2D eigenvalue weighted by Crippen LogP contribution is 2.22. The van der Waals surface area contributed by atoms with Crippen molar-refractivity contribution < 1.29 is 14.3 Å². The molecule has 0 N–H and O–H groups in total. The smallest absolute Gasteiger partial charge is 0.264 e. The van der Waals surface area contributed by atoms with Gasteiger partial charge >= 0.3 is 0 Å². The minimum atomic E-state index is -0.561. The van der Waals surface area contributed by atoms with Crippen LogP contribution in [-0.4, -0.2) is 24.0 Å². The van der Waals surface area contributed by atoms with Gasteiger partial charge in [-0.2, -0.15) is 0 Å². The molecule has 0 aliphatic rings. The third-order valence-corrected chi connectivity index (χ3v) is 4.71. The molecule has 150 valence electrons. The molecule has 0 aliphatic heterocycles. The predicted octanol–water partition coefficient (Wildman–Crippen LogP) is 5.08. The monoisotopic (exact) mass is 389 g/mol. The SMILES string of the molecule is CC[C@H](Oc1cccc(OC)c1)C(=O)N(Cc1ccccc1)Cc1ccccc1. The molecule has 0 heterocycles. The number of hydrogen-bond donors (Lipinski definition) is 0. The van der Waals surface area contributed by atoms with Gasteiger partial charge in [-0.05, 0) is 29.7 Å². The number of hydrogen-bond acceptors (Lipinski definition) is 3. The molecule has 3 aromatic rings. The summed E-state index contributed by atoms with van der Waals surface area (Å²) < 4.78 is 11.3. The molecule has 0 aromatic heterocycles. The lowest BCUT2D eigenvalue weighted by atomic mass is 10.1. The number of ether oxygens (including phenoxy) is 2. The normalized spacial score (nSPS) is 11.5. The fourth-order valence-electron chi connectivity index (χ4n) is 3.17. The van der Waals surface area contributed by atoms with Crippen molar-refractivity contribution in [3.05, 3.63) is 96.1 Å². The molecule has 4 heteroatoms. The van der Waals surface area contributed by atoms with Gasteiger partial charge in [0.05, 0.1) is 7.11 Å². The molecule has 1 atom stereocenters. The standard InChI is InChI=1S/C25H27NO3/c1-3-24(29-23-16-10-15-22(17-23)28-2)25(27)26(18-20-11-6-4-7-12-20)19-21-13-8-5-9-14-21/h4-17,24H,3,18-19H2,1-2H3/t24-/m0/s1. The zero-order valence-corrected chi connectivity index (χ0v) is 17.0. The van der Waals surface area contributed by atoms with Gasteiger partial charge in [0.1, 0.15) is 11.5 Å². The van der Waals surface area contributed by atoms with E-state index in [0.29, 0.717) is 31.0 Å². The van der Waals surface area contributed by atoms with Gasteiger partial charge in [-0.1, -0.05) is 73.7 Å². The van der Waals surface area contributed by atoms with E-state index in [4.69, 9.17) is 9.47 Å². The Morgan fingerprint density at radius 1 is 0.828 bits per heavy atom. The van der Waals surface area contributed by atoms with E-state index in [2.05, 4.69) is 0 Å². The first-order chi connectivity index (χ1) is 14.2. The van der Waals surface area contributed by atoms with Gasteiger partial charge in [0.15, 0.2) is 6.10 Å². The first kappa shape index (κ1) is 20.5. The van der Waals surface area contributed by atoms with Crippen LogP contribution in [0.3, 0.4) is 0 Å². The Labute approximate surface area is 172 Å². The van der Waals surface area contributed by atoms with Crippen LogP contribution in [0.25, 0.3) is 0 Å². The van der Waals surface area contributed by atoms with Gasteiger partial charge in [-0.3, -0.25) is 4.79 Å². The molecule has 1 amide bonds. The van der Waals surface area contributed by atoms with E-state index in [0.717, 1.165) is 11.1 Å². The van der Waals surface area contributed by atoms with Crippen molar-refractivity contribution in [1.82, 2.24) is 4.90 Å². The first-order valence-corrected chi connectivity index (χ1v) is 9.87. The lowest BCUT2D eigenvalue weighted by Crippen LogP contribution is -2.41. The number of carbonyl (C=O) groups excluding carboxylic acids is 1. The van der Waals surface area contributed by atoms with E-state index >= 15 is 0 Å². The third-order valence-electron chi connectivity index (χ3n) is 4.71. The van der Waals surface area contributed by atoms with Crippen LogP contribution in [0.4, 0.5) is 0 Å². The molecule has 0 aliphatic carbocycles. The predicted molar refractivity (Wildman–Crippen MR) is 115 cm³/mol. The van der Waals surface area contributed by atoms with Crippen LogP contribution in [0, 0.1) is 0 Å². The van der Waals surface area contributed by atoms with Crippen molar-refractivity contribution in [3.63, 3.8) is 0 Å². The molecular weight excluding hydrogens is 362 g/mol. The van der Waals surface area contributed by atoms with Gasteiger partial charge in [-0.25, -0.2) is 0 Å². The molecular formula is C25H27NO3. The molecule has 3 aromatic carbocycles. The molecule has 0 fully saturated rings. The summed E-state index contributed by atoms with van der Waals surface area (Å²) >= 11 is 0. The second-order valence-electron chi connectivity index (χ2n) is 6.86. The van der Waals surface area contributed by atoms with Gasteiger partial charge < -0.3 is 14.4 Å². The number of benzene rings is 3. The maximum atomic E-state index is 13.4. The summed E-state index contributed by atoms with van der Waals surface area (Å²) in [5.74, 6) is 1.31. The van der Waals surface area contributed by atoms with Gasteiger partial charge in [-0.15, -0.1) is 0 Å². The van der Waals surface area contributed by atoms with E-state index in [1.54, 1.807) is 13.2 Å². The van der Waals surface area contributed by atoms with Gasteiger partial charge in [0.2, 0.25) is 0 Å². The van der Waals surface area contributed by atoms with E-state index in [-0.39, 0.29) is 5.91 Å². The fraction of sp³-hybridized carbons (Fsp3) is 0.240. The number of nitrogens with zero attached hydrogens (tertiary/aromatic N) is 1. The second kappa shape index (κ2) is 10.3. The van der Waals surface area contributed by atoms with Crippen molar-refractivity contribution >= 4 is 5.91 Å². The largest absolute Gasteiger partial charge is 0.497 e. The van der Waals surface area contributed by atoms with E-state index in [9.17, 15) is 4.79 Å². The van der Waals surface area contributed by atoms with Gasteiger partial charge in [0.25, 0.3) is 5.91 Å². The average Bonchev–Trinajstić information content (AvgIpc) is 2.78. The van der Waals surface area contributed by atoms with Crippen LogP contribution in [0.1, 0.15) is 24.5 Å². The number of carbonyl (C=O) groups is 1. The zero-order valence-electron chi connectivity index (χ0n) is 17.0. The third kappa shape index (κ3) is 5.85. The Morgan fingerprint density at radius 2 is 1.38 bits per heavy atom. The summed E-state index contributed by atoms with van der Waals surface area (Å²) in [6.45, 7) is 3.03. The van der Waals surface area contributed by atoms with Crippen LogP contribution < -0.4 is 9.47 Å². The molecule has 0 radical (unpaired) electrons. The lowest BCUT2D eigenvalue weighted by molar-refractivity contribution is -0.140. The highest BCUT2D eigenvalue weighted by molar-refractivity contribution is 5.81. The van der Waals surface area contributed by atoms with Crippen molar-refractivity contribution in [2.75, 3.05) is 7.11 Å². The molecule has 0 saturated heterocycles. The average molecular weight is 389 g/mol. The molecule has 0 bridgehead atoms. The molecule has 29 heavy (non-hydrogen) atoms. The van der Waals surface area contributed by atoms with Crippen molar-refractivity contribution in [1.29, 1.82) is 0 Å².